The van der Waals surface area contributed by atoms with E-state index in [9.17, 15) is 18.8 Å². The molecule has 1 aliphatic heterocycles. The largest absolute Gasteiger partial charge is 0.373 e. The van der Waals surface area contributed by atoms with Crippen molar-refractivity contribution in [3.63, 3.8) is 0 Å². The van der Waals surface area contributed by atoms with Crippen LogP contribution in [0.25, 0.3) is 0 Å². The summed E-state index contributed by atoms with van der Waals surface area (Å²) in [4.78, 5) is 37.9. The Kier molecular flexibility index (Phi) is 6.82. The number of hydrogen-bond donors (Lipinski definition) is 2. The number of nitrogens with one attached hydrogen (secondary N) is 2. The Labute approximate surface area is 169 Å². The van der Waals surface area contributed by atoms with Gasteiger partial charge in [-0.3, -0.25) is 14.4 Å². The van der Waals surface area contributed by atoms with E-state index >= 15 is 0 Å². The Balaban J connectivity index is 2.33. The second-order valence-corrected chi connectivity index (χ2v) is 7.56. The van der Waals surface area contributed by atoms with Gasteiger partial charge in [0.2, 0.25) is 11.8 Å². The molecule has 3 amide bonds. The normalized spacial score (nSPS) is 16.2. The van der Waals surface area contributed by atoms with Crippen LogP contribution in [0.4, 0.5) is 15.8 Å². The average molecular weight is 410 g/mol. The third-order valence-electron chi connectivity index (χ3n) is 4.69. The van der Waals surface area contributed by atoms with Crippen LogP contribution in [0.3, 0.4) is 0 Å². The van der Waals surface area contributed by atoms with Crippen LogP contribution >= 0.6 is 11.6 Å². The molecule has 1 saturated heterocycles. The van der Waals surface area contributed by atoms with Crippen LogP contribution in [0.2, 0.25) is 5.02 Å². The molecular formula is C20H25ClFN3O3. The van der Waals surface area contributed by atoms with Crippen LogP contribution in [0.1, 0.15) is 47.5 Å². The van der Waals surface area contributed by atoms with Crippen LogP contribution in [0.5, 0.6) is 0 Å². The molecule has 2 rings (SSSR count). The first kappa shape index (κ1) is 21.9. The number of carbonyl (C=O) groups excluding carboxylic acids is 3. The van der Waals surface area contributed by atoms with Crippen molar-refractivity contribution in [1.29, 1.82) is 0 Å². The first-order valence-corrected chi connectivity index (χ1v) is 9.54. The molecular weight excluding hydrogens is 385 g/mol. The maximum atomic E-state index is 14.5. The van der Waals surface area contributed by atoms with Gasteiger partial charge in [-0.05, 0) is 46.2 Å². The van der Waals surface area contributed by atoms with Crippen LogP contribution in [0.15, 0.2) is 23.3 Å². The minimum atomic E-state index is -0.788. The van der Waals surface area contributed by atoms with Crippen molar-refractivity contribution >= 4 is 40.7 Å². The minimum absolute atomic E-state index is 0.0123. The molecule has 0 spiro atoms. The van der Waals surface area contributed by atoms with E-state index in [0.29, 0.717) is 11.1 Å². The fourth-order valence-corrected chi connectivity index (χ4v) is 2.98. The quantitative estimate of drug-likeness (QED) is 0.553. The molecule has 2 unspecified atom stereocenters. The minimum Gasteiger partial charge on any atom is -0.373 e. The van der Waals surface area contributed by atoms with Crippen molar-refractivity contribution in [2.75, 3.05) is 10.2 Å². The van der Waals surface area contributed by atoms with E-state index in [1.807, 2.05) is 13.8 Å². The zero-order chi connectivity index (χ0) is 21.2. The van der Waals surface area contributed by atoms with E-state index in [1.54, 1.807) is 20.8 Å². The predicted molar refractivity (Wildman–Crippen MR) is 108 cm³/mol. The SMILES string of the molecule is CCC(C)NC(=O)C(C)Nc1cc(N2C(=O)CC(=C(C)C)C2=O)c(F)cc1Cl. The highest BCUT2D eigenvalue weighted by molar-refractivity contribution is 6.34. The van der Waals surface area contributed by atoms with E-state index in [2.05, 4.69) is 10.6 Å². The molecule has 1 aromatic carbocycles. The molecule has 0 aliphatic carbocycles. The van der Waals surface area contributed by atoms with E-state index in [1.165, 1.54) is 6.07 Å². The number of allylic oxidation sites excluding steroid dienone is 1. The van der Waals surface area contributed by atoms with Crippen LogP contribution < -0.4 is 15.5 Å². The number of halogens is 2. The van der Waals surface area contributed by atoms with Gasteiger partial charge in [-0.2, -0.15) is 0 Å². The Morgan fingerprint density at radius 2 is 1.93 bits per heavy atom. The molecule has 6 nitrogen and oxygen atoms in total. The highest BCUT2D eigenvalue weighted by atomic mass is 35.5. The molecule has 0 aromatic heterocycles. The number of amides is 3. The van der Waals surface area contributed by atoms with Crippen molar-refractivity contribution in [2.24, 2.45) is 0 Å². The lowest BCUT2D eigenvalue weighted by Gasteiger charge is -2.21. The highest BCUT2D eigenvalue weighted by Gasteiger charge is 2.37. The molecule has 2 N–H and O–H groups in total. The molecule has 8 heteroatoms. The van der Waals surface area contributed by atoms with Gasteiger partial charge < -0.3 is 10.6 Å². The summed E-state index contributed by atoms with van der Waals surface area (Å²) in [5.74, 6) is -2.07. The van der Waals surface area contributed by atoms with Gasteiger partial charge in [-0.1, -0.05) is 24.1 Å². The number of anilines is 2. The van der Waals surface area contributed by atoms with Crippen molar-refractivity contribution in [3.05, 3.63) is 34.1 Å². The molecule has 1 aliphatic rings. The lowest BCUT2D eigenvalue weighted by molar-refractivity contribution is -0.122. The van der Waals surface area contributed by atoms with Crippen LogP contribution in [0, 0.1) is 5.82 Å². The van der Waals surface area contributed by atoms with Crippen LogP contribution in [-0.4, -0.2) is 29.8 Å². The maximum absolute atomic E-state index is 14.5. The summed E-state index contributed by atoms with van der Waals surface area (Å²) >= 11 is 6.11. The maximum Gasteiger partial charge on any atom is 0.261 e. The molecule has 0 saturated carbocycles. The summed E-state index contributed by atoms with van der Waals surface area (Å²) in [5, 5.41) is 5.81. The van der Waals surface area contributed by atoms with Crippen molar-refractivity contribution in [1.82, 2.24) is 5.32 Å². The Hall–Kier alpha value is -2.41. The van der Waals surface area contributed by atoms with E-state index in [-0.39, 0.29) is 34.8 Å². The van der Waals surface area contributed by atoms with E-state index in [0.717, 1.165) is 17.4 Å². The summed E-state index contributed by atoms with van der Waals surface area (Å²) in [5.41, 5.74) is 1.14. The molecule has 1 aromatic rings. The van der Waals surface area contributed by atoms with Gasteiger partial charge in [0, 0.05) is 11.6 Å². The summed E-state index contributed by atoms with van der Waals surface area (Å²) < 4.78 is 14.5. The summed E-state index contributed by atoms with van der Waals surface area (Å²) in [6, 6.07) is 1.68. The zero-order valence-corrected chi connectivity index (χ0v) is 17.4. The number of carbonyl (C=O) groups is 3. The summed E-state index contributed by atoms with van der Waals surface area (Å²) in [6.45, 7) is 8.94. The topological polar surface area (TPSA) is 78.5 Å². The van der Waals surface area contributed by atoms with Gasteiger partial charge >= 0.3 is 0 Å². The standard InChI is InChI=1S/C20H25ClFN3O3/c1-6-11(4)23-19(27)12(5)24-16-9-17(15(22)8-14(16)21)25-18(26)7-13(10(2)3)20(25)28/h8-9,11-12,24H,6-7H2,1-5H3,(H,23,27). The smallest absolute Gasteiger partial charge is 0.261 e. The third kappa shape index (κ3) is 4.52. The highest BCUT2D eigenvalue weighted by Crippen LogP contribution is 2.35. The Bertz CT molecular complexity index is 849. The first-order valence-electron chi connectivity index (χ1n) is 9.16. The lowest BCUT2D eigenvalue weighted by Crippen LogP contribution is -2.42. The first-order chi connectivity index (χ1) is 13.1. The van der Waals surface area contributed by atoms with Crippen molar-refractivity contribution in [2.45, 2.75) is 59.5 Å². The molecule has 0 radical (unpaired) electrons. The number of benzene rings is 1. The van der Waals surface area contributed by atoms with Gasteiger partial charge in [0.05, 0.1) is 22.8 Å². The molecule has 152 valence electrons. The average Bonchev–Trinajstić information content (AvgIpc) is 2.91. The molecule has 28 heavy (non-hydrogen) atoms. The monoisotopic (exact) mass is 409 g/mol. The fraction of sp³-hybridized carbons (Fsp3) is 0.450. The van der Waals surface area contributed by atoms with Gasteiger partial charge in [-0.15, -0.1) is 0 Å². The zero-order valence-electron chi connectivity index (χ0n) is 16.7. The number of imide groups is 1. The molecule has 1 heterocycles. The molecule has 1 fully saturated rings. The molecule has 0 bridgehead atoms. The van der Waals surface area contributed by atoms with Crippen molar-refractivity contribution < 1.29 is 18.8 Å². The van der Waals surface area contributed by atoms with E-state index in [4.69, 9.17) is 11.6 Å². The van der Waals surface area contributed by atoms with Gasteiger partial charge in [0.25, 0.3) is 5.91 Å². The van der Waals surface area contributed by atoms with Gasteiger partial charge in [-0.25, -0.2) is 9.29 Å². The van der Waals surface area contributed by atoms with Gasteiger partial charge in [0.15, 0.2) is 0 Å². The molecule has 2 atom stereocenters. The van der Waals surface area contributed by atoms with Crippen molar-refractivity contribution in [3.8, 4) is 0 Å². The number of rotatable bonds is 6. The van der Waals surface area contributed by atoms with E-state index < -0.39 is 23.7 Å². The summed E-state index contributed by atoms with van der Waals surface area (Å²) in [6.07, 6.45) is 0.714. The predicted octanol–water partition coefficient (Wildman–Crippen LogP) is 3.79. The third-order valence-corrected chi connectivity index (χ3v) is 5.00. The lowest BCUT2D eigenvalue weighted by atomic mass is 10.1. The second-order valence-electron chi connectivity index (χ2n) is 7.16. The van der Waals surface area contributed by atoms with Gasteiger partial charge in [0.1, 0.15) is 11.9 Å². The summed E-state index contributed by atoms with van der Waals surface area (Å²) in [7, 11) is 0. The Morgan fingerprint density at radius 3 is 2.46 bits per heavy atom. The van der Waals surface area contributed by atoms with Crippen LogP contribution in [-0.2, 0) is 14.4 Å². The number of hydrogen-bond acceptors (Lipinski definition) is 4. The Morgan fingerprint density at radius 1 is 1.29 bits per heavy atom. The second kappa shape index (κ2) is 8.73. The number of nitrogens with zero attached hydrogens (tertiary/aromatic N) is 1. The fourth-order valence-electron chi connectivity index (χ4n) is 2.78.